The minimum absolute atomic E-state index is 0.142. The van der Waals surface area contributed by atoms with Crippen LogP contribution in [0.4, 0.5) is 13.2 Å². The van der Waals surface area contributed by atoms with Crippen molar-refractivity contribution in [1.82, 2.24) is 9.97 Å². The van der Waals surface area contributed by atoms with E-state index in [0.717, 1.165) is 0 Å². The van der Waals surface area contributed by atoms with Gasteiger partial charge in [-0.2, -0.15) is 13.2 Å². The number of hydrogen-bond acceptors (Lipinski definition) is 3. The molecule has 0 fully saturated rings. The number of hydrogen-bond donors (Lipinski definition) is 3. The van der Waals surface area contributed by atoms with Crippen LogP contribution in [-0.2, 0) is 0 Å². The second kappa shape index (κ2) is 4.42. The highest BCUT2D eigenvalue weighted by Crippen LogP contribution is 2.28. The van der Waals surface area contributed by atoms with Gasteiger partial charge in [-0.3, -0.25) is 0 Å². The maximum atomic E-state index is 12.3. The standard InChI is InChI=1S/C10H9ClF3N3O/c11-4-1-2-5-6(3-4)17-9(16-5)7(15)8(18)10(12,13)14/h1-3,7-8,18H,15H2,(H,16,17)/t7-,8-/m0/s1. The zero-order valence-corrected chi connectivity index (χ0v) is 9.63. The molecule has 0 aliphatic heterocycles. The molecule has 0 amide bonds. The second-order valence-corrected chi connectivity index (χ2v) is 4.23. The highest BCUT2D eigenvalue weighted by molar-refractivity contribution is 6.31. The molecule has 1 aromatic heterocycles. The van der Waals surface area contributed by atoms with Crippen molar-refractivity contribution in [1.29, 1.82) is 0 Å². The van der Waals surface area contributed by atoms with Gasteiger partial charge in [-0.05, 0) is 18.2 Å². The largest absolute Gasteiger partial charge is 0.416 e. The highest BCUT2D eigenvalue weighted by Gasteiger charge is 2.43. The van der Waals surface area contributed by atoms with E-state index in [-0.39, 0.29) is 5.82 Å². The molecule has 0 aliphatic carbocycles. The number of fused-ring (bicyclic) bond motifs is 1. The van der Waals surface area contributed by atoms with Crippen LogP contribution in [0.1, 0.15) is 11.9 Å². The van der Waals surface area contributed by atoms with E-state index in [9.17, 15) is 13.2 Å². The van der Waals surface area contributed by atoms with Crippen LogP contribution in [0.5, 0.6) is 0 Å². The SMILES string of the molecule is N[C@H](c1nc2ccc(Cl)cc2[nH]1)[C@H](O)C(F)(F)F. The lowest BCUT2D eigenvalue weighted by atomic mass is 10.1. The predicted octanol–water partition coefficient (Wildman–Crippen LogP) is 2.14. The molecule has 0 spiro atoms. The van der Waals surface area contributed by atoms with Gasteiger partial charge in [0.25, 0.3) is 0 Å². The lowest BCUT2D eigenvalue weighted by Gasteiger charge is -2.19. The van der Waals surface area contributed by atoms with Gasteiger partial charge in [0.05, 0.1) is 17.1 Å². The summed E-state index contributed by atoms with van der Waals surface area (Å²) in [7, 11) is 0. The third-order valence-corrected chi connectivity index (χ3v) is 2.69. The summed E-state index contributed by atoms with van der Waals surface area (Å²) in [6.45, 7) is 0. The van der Waals surface area contributed by atoms with E-state index < -0.39 is 18.3 Å². The van der Waals surface area contributed by atoms with E-state index in [4.69, 9.17) is 22.4 Å². The normalized spacial score (nSPS) is 15.9. The summed E-state index contributed by atoms with van der Waals surface area (Å²) in [4.78, 5) is 6.50. The lowest BCUT2D eigenvalue weighted by Crippen LogP contribution is -2.39. The summed E-state index contributed by atoms with van der Waals surface area (Å²) in [5.74, 6) is -0.142. The molecule has 2 atom stereocenters. The first-order chi connectivity index (χ1) is 8.29. The second-order valence-electron chi connectivity index (χ2n) is 3.80. The zero-order chi connectivity index (χ0) is 13.5. The van der Waals surface area contributed by atoms with Crippen LogP contribution in [0.2, 0.25) is 5.02 Å². The van der Waals surface area contributed by atoms with Crippen LogP contribution >= 0.6 is 11.6 Å². The maximum Gasteiger partial charge on any atom is 0.416 e. The van der Waals surface area contributed by atoms with E-state index in [2.05, 4.69) is 9.97 Å². The van der Waals surface area contributed by atoms with E-state index >= 15 is 0 Å². The molecule has 0 aliphatic rings. The first kappa shape index (κ1) is 13.1. The molecule has 0 saturated carbocycles. The van der Waals surface area contributed by atoms with Gasteiger partial charge in [-0.25, -0.2) is 4.98 Å². The first-order valence-electron chi connectivity index (χ1n) is 4.94. The Morgan fingerprint density at radius 1 is 1.39 bits per heavy atom. The quantitative estimate of drug-likeness (QED) is 0.788. The molecule has 8 heteroatoms. The Balaban J connectivity index is 2.36. The minimum Gasteiger partial charge on any atom is -0.382 e. The number of nitrogens with two attached hydrogens (primary N) is 1. The highest BCUT2D eigenvalue weighted by atomic mass is 35.5. The van der Waals surface area contributed by atoms with Crippen molar-refractivity contribution >= 4 is 22.6 Å². The number of aliphatic hydroxyl groups excluding tert-OH is 1. The van der Waals surface area contributed by atoms with Crippen LogP contribution < -0.4 is 5.73 Å². The average molecular weight is 280 g/mol. The van der Waals surface area contributed by atoms with Gasteiger partial charge in [-0.1, -0.05) is 11.6 Å². The molecular weight excluding hydrogens is 271 g/mol. The molecule has 0 bridgehead atoms. The minimum atomic E-state index is -4.80. The fourth-order valence-electron chi connectivity index (χ4n) is 1.51. The number of H-pyrrole nitrogens is 1. The Kier molecular flexibility index (Phi) is 3.22. The van der Waals surface area contributed by atoms with Gasteiger partial charge in [0.15, 0.2) is 6.10 Å². The third kappa shape index (κ3) is 2.43. The van der Waals surface area contributed by atoms with Crippen LogP contribution in [0.25, 0.3) is 11.0 Å². The molecule has 4 N–H and O–H groups in total. The lowest BCUT2D eigenvalue weighted by molar-refractivity contribution is -0.210. The number of aromatic amines is 1. The number of aliphatic hydroxyl groups is 1. The number of benzene rings is 1. The summed E-state index contributed by atoms with van der Waals surface area (Å²) in [5.41, 5.74) is 6.22. The number of alkyl halides is 3. The van der Waals surface area contributed by atoms with Crippen molar-refractivity contribution in [2.24, 2.45) is 5.73 Å². The molecule has 0 unspecified atom stereocenters. The Hall–Kier alpha value is -1.31. The number of rotatable bonds is 2. The van der Waals surface area contributed by atoms with Crippen molar-refractivity contribution in [2.75, 3.05) is 0 Å². The summed E-state index contributed by atoms with van der Waals surface area (Å²) in [6.07, 6.45) is -7.47. The summed E-state index contributed by atoms with van der Waals surface area (Å²) < 4.78 is 36.9. The molecule has 0 radical (unpaired) electrons. The summed E-state index contributed by atoms with van der Waals surface area (Å²) >= 11 is 5.73. The van der Waals surface area contributed by atoms with Gasteiger partial charge in [0.2, 0.25) is 0 Å². The molecule has 98 valence electrons. The van der Waals surface area contributed by atoms with Crippen LogP contribution in [0.15, 0.2) is 18.2 Å². The Morgan fingerprint density at radius 3 is 2.67 bits per heavy atom. The van der Waals surface area contributed by atoms with Crippen molar-refractivity contribution in [3.63, 3.8) is 0 Å². The molecule has 1 heterocycles. The maximum absolute atomic E-state index is 12.3. The van der Waals surface area contributed by atoms with Gasteiger partial charge in [-0.15, -0.1) is 0 Å². The van der Waals surface area contributed by atoms with Crippen LogP contribution in [0.3, 0.4) is 0 Å². The summed E-state index contributed by atoms with van der Waals surface area (Å²) in [6, 6.07) is 2.95. The molecule has 2 aromatic rings. The Bertz CT molecular complexity index is 569. The van der Waals surface area contributed by atoms with Gasteiger partial charge < -0.3 is 15.8 Å². The van der Waals surface area contributed by atoms with Gasteiger partial charge in [0, 0.05) is 5.02 Å². The van der Waals surface area contributed by atoms with Gasteiger partial charge in [0.1, 0.15) is 5.82 Å². The van der Waals surface area contributed by atoms with Crippen molar-refractivity contribution < 1.29 is 18.3 Å². The smallest absolute Gasteiger partial charge is 0.382 e. The summed E-state index contributed by atoms with van der Waals surface area (Å²) in [5, 5.41) is 9.47. The van der Waals surface area contributed by atoms with E-state index in [1.165, 1.54) is 6.07 Å². The van der Waals surface area contributed by atoms with Crippen molar-refractivity contribution in [3.05, 3.63) is 29.0 Å². The van der Waals surface area contributed by atoms with Crippen molar-refractivity contribution in [3.8, 4) is 0 Å². The third-order valence-electron chi connectivity index (χ3n) is 2.45. The van der Waals surface area contributed by atoms with E-state index in [1.54, 1.807) is 12.1 Å². The topological polar surface area (TPSA) is 74.9 Å². The number of nitrogens with one attached hydrogen (secondary N) is 1. The van der Waals surface area contributed by atoms with E-state index in [0.29, 0.717) is 16.1 Å². The number of aromatic nitrogens is 2. The Labute approximate surface area is 105 Å². The van der Waals surface area contributed by atoms with Crippen molar-refractivity contribution in [2.45, 2.75) is 18.3 Å². The number of nitrogens with zero attached hydrogens (tertiary/aromatic N) is 1. The predicted molar refractivity (Wildman–Crippen MR) is 60.1 cm³/mol. The number of halogens is 4. The molecule has 1 aromatic carbocycles. The molecule has 18 heavy (non-hydrogen) atoms. The zero-order valence-electron chi connectivity index (χ0n) is 8.87. The molecule has 2 rings (SSSR count). The number of imidazole rings is 1. The first-order valence-corrected chi connectivity index (χ1v) is 5.32. The average Bonchev–Trinajstić information content (AvgIpc) is 2.68. The fourth-order valence-corrected chi connectivity index (χ4v) is 1.68. The molecular formula is C10H9ClF3N3O. The Morgan fingerprint density at radius 2 is 2.06 bits per heavy atom. The van der Waals surface area contributed by atoms with Gasteiger partial charge >= 0.3 is 6.18 Å². The fraction of sp³-hybridized carbons (Fsp3) is 0.300. The van der Waals surface area contributed by atoms with Crippen LogP contribution in [-0.4, -0.2) is 27.4 Å². The molecule has 0 saturated heterocycles. The van der Waals surface area contributed by atoms with Crippen LogP contribution in [0, 0.1) is 0 Å². The molecule has 4 nitrogen and oxygen atoms in total. The monoisotopic (exact) mass is 279 g/mol. The van der Waals surface area contributed by atoms with E-state index in [1.807, 2.05) is 0 Å².